The Balaban J connectivity index is 1.64. The highest BCUT2D eigenvalue weighted by atomic mass is 19.1. The fourth-order valence-electron chi connectivity index (χ4n) is 3.32. The first-order chi connectivity index (χ1) is 11.0. The van der Waals surface area contributed by atoms with E-state index in [2.05, 4.69) is 17.6 Å². The van der Waals surface area contributed by atoms with Gasteiger partial charge in [-0.15, -0.1) is 0 Å². The van der Waals surface area contributed by atoms with Crippen molar-refractivity contribution >= 4 is 17.5 Å². The molecule has 1 aliphatic heterocycles. The number of halogens is 1. The Morgan fingerprint density at radius 3 is 3.04 bits per heavy atom. The van der Waals surface area contributed by atoms with E-state index in [1.54, 1.807) is 6.07 Å². The minimum absolute atomic E-state index is 0.0231. The zero-order valence-corrected chi connectivity index (χ0v) is 13.2. The van der Waals surface area contributed by atoms with Gasteiger partial charge in [0.25, 0.3) is 5.91 Å². The Bertz CT molecular complexity index is 633. The maximum Gasteiger partial charge on any atom is 0.262 e. The van der Waals surface area contributed by atoms with Crippen molar-refractivity contribution in [1.29, 1.82) is 0 Å². The molecule has 0 spiro atoms. The van der Waals surface area contributed by atoms with Crippen LogP contribution < -0.4 is 15.4 Å². The molecule has 2 aliphatic rings. The molecule has 2 amide bonds. The van der Waals surface area contributed by atoms with Crippen molar-refractivity contribution < 1.29 is 18.7 Å². The Hall–Kier alpha value is -2.11. The van der Waals surface area contributed by atoms with Gasteiger partial charge in [0.2, 0.25) is 5.91 Å². The van der Waals surface area contributed by atoms with Gasteiger partial charge >= 0.3 is 0 Å². The highest BCUT2D eigenvalue weighted by Crippen LogP contribution is 2.32. The molecule has 1 aromatic carbocycles. The summed E-state index contributed by atoms with van der Waals surface area (Å²) in [5.41, 5.74) is 0.918. The molecule has 1 aliphatic carbocycles. The second-order valence-electron chi connectivity index (χ2n) is 6.48. The highest BCUT2D eigenvalue weighted by molar-refractivity contribution is 5.95. The van der Waals surface area contributed by atoms with Crippen molar-refractivity contribution in [3.8, 4) is 5.75 Å². The van der Waals surface area contributed by atoms with Crippen LogP contribution in [0.2, 0.25) is 0 Å². The monoisotopic (exact) mass is 320 g/mol. The number of carbonyl (C=O) groups is 2. The number of fused-ring (bicyclic) bond motifs is 1. The largest absolute Gasteiger partial charge is 0.478 e. The number of amides is 2. The fourth-order valence-corrected chi connectivity index (χ4v) is 3.32. The summed E-state index contributed by atoms with van der Waals surface area (Å²) in [6.07, 6.45) is 4.09. The Labute approximate surface area is 134 Å². The van der Waals surface area contributed by atoms with Crippen LogP contribution >= 0.6 is 0 Å². The number of benzene rings is 1. The van der Waals surface area contributed by atoms with Crippen molar-refractivity contribution in [3.05, 3.63) is 23.5 Å². The van der Waals surface area contributed by atoms with E-state index in [0.29, 0.717) is 17.2 Å². The number of hydrogen-bond donors (Lipinski definition) is 2. The van der Waals surface area contributed by atoms with Crippen molar-refractivity contribution in [3.63, 3.8) is 0 Å². The third-order valence-corrected chi connectivity index (χ3v) is 4.50. The minimum Gasteiger partial charge on any atom is -0.478 e. The number of anilines is 1. The zero-order valence-electron chi connectivity index (χ0n) is 13.2. The molecule has 1 aromatic rings. The van der Waals surface area contributed by atoms with Crippen molar-refractivity contribution in [2.45, 2.75) is 39.2 Å². The average Bonchev–Trinajstić information content (AvgIpc) is 2.52. The van der Waals surface area contributed by atoms with Gasteiger partial charge in [0.1, 0.15) is 0 Å². The first kappa shape index (κ1) is 15.8. The first-order valence-corrected chi connectivity index (χ1v) is 8.05. The lowest BCUT2D eigenvalue weighted by Crippen LogP contribution is -2.33. The molecule has 23 heavy (non-hydrogen) atoms. The molecule has 6 heteroatoms. The van der Waals surface area contributed by atoms with E-state index in [-0.39, 0.29) is 36.6 Å². The lowest BCUT2D eigenvalue weighted by molar-refractivity contribution is -0.126. The predicted molar refractivity (Wildman–Crippen MR) is 83.5 cm³/mol. The number of carbonyl (C=O) groups excluding carboxylic acids is 2. The average molecular weight is 320 g/mol. The topological polar surface area (TPSA) is 67.4 Å². The number of ether oxygens (including phenoxy) is 1. The summed E-state index contributed by atoms with van der Waals surface area (Å²) in [7, 11) is 0. The lowest BCUT2D eigenvalue weighted by atomic mass is 9.82. The zero-order chi connectivity index (χ0) is 16.4. The van der Waals surface area contributed by atoms with Crippen LogP contribution in [0.5, 0.6) is 5.75 Å². The Kier molecular flexibility index (Phi) is 4.50. The van der Waals surface area contributed by atoms with E-state index in [1.807, 2.05) is 0 Å². The van der Waals surface area contributed by atoms with Crippen LogP contribution in [0.1, 0.15) is 38.2 Å². The van der Waals surface area contributed by atoms with Crippen LogP contribution in [-0.2, 0) is 16.1 Å². The molecule has 1 saturated carbocycles. The molecule has 2 atom stereocenters. The second-order valence-corrected chi connectivity index (χ2v) is 6.48. The molecular formula is C17H21FN2O3. The van der Waals surface area contributed by atoms with Gasteiger partial charge in [-0.2, -0.15) is 0 Å². The van der Waals surface area contributed by atoms with Gasteiger partial charge in [-0.05, 0) is 36.5 Å². The van der Waals surface area contributed by atoms with Gasteiger partial charge in [0, 0.05) is 12.5 Å². The fraction of sp³-hybridized carbons (Fsp3) is 0.529. The van der Waals surface area contributed by atoms with Gasteiger partial charge in [0.05, 0.1) is 5.69 Å². The standard InChI is InChI=1S/C17H21FN2O3/c1-10-3-2-4-12(5-10)17(22)19-8-11-6-13(18)16-14(7-11)20-15(21)9-23-16/h6-7,10,12H,2-5,8-9H2,1H3,(H,19,22)(H,20,21). The van der Waals surface area contributed by atoms with Crippen LogP contribution in [0, 0.1) is 17.7 Å². The van der Waals surface area contributed by atoms with Crippen LogP contribution in [0.15, 0.2) is 12.1 Å². The van der Waals surface area contributed by atoms with Crippen LogP contribution in [0.25, 0.3) is 0 Å². The summed E-state index contributed by atoms with van der Waals surface area (Å²) < 4.78 is 19.1. The number of hydrogen-bond acceptors (Lipinski definition) is 3. The summed E-state index contributed by atoms with van der Waals surface area (Å²) in [5.74, 6) is -0.139. The molecule has 1 fully saturated rings. The van der Waals surface area contributed by atoms with Crippen LogP contribution in [0.4, 0.5) is 10.1 Å². The van der Waals surface area contributed by atoms with Gasteiger partial charge in [-0.1, -0.05) is 19.8 Å². The van der Waals surface area contributed by atoms with E-state index >= 15 is 0 Å². The van der Waals surface area contributed by atoms with E-state index in [4.69, 9.17) is 4.74 Å². The molecule has 0 radical (unpaired) electrons. The van der Waals surface area contributed by atoms with Crippen molar-refractivity contribution in [2.75, 3.05) is 11.9 Å². The summed E-state index contributed by atoms with van der Waals surface area (Å²) in [6.45, 7) is 2.23. The van der Waals surface area contributed by atoms with Crippen LogP contribution in [0.3, 0.4) is 0 Å². The Morgan fingerprint density at radius 1 is 1.43 bits per heavy atom. The van der Waals surface area contributed by atoms with Crippen LogP contribution in [-0.4, -0.2) is 18.4 Å². The normalized spacial score (nSPS) is 23.5. The molecule has 0 bridgehead atoms. The van der Waals surface area contributed by atoms with E-state index in [1.165, 1.54) is 12.5 Å². The predicted octanol–water partition coefficient (Wildman–Crippen LogP) is 2.60. The molecular weight excluding hydrogens is 299 g/mol. The smallest absolute Gasteiger partial charge is 0.262 e. The van der Waals surface area contributed by atoms with E-state index < -0.39 is 5.82 Å². The number of nitrogens with one attached hydrogen (secondary N) is 2. The molecule has 0 aromatic heterocycles. The minimum atomic E-state index is -0.530. The lowest BCUT2D eigenvalue weighted by Gasteiger charge is -2.26. The summed E-state index contributed by atoms with van der Waals surface area (Å²) in [5, 5.41) is 5.46. The summed E-state index contributed by atoms with van der Waals surface area (Å²) in [4.78, 5) is 23.6. The van der Waals surface area contributed by atoms with E-state index in [9.17, 15) is 14.0 Å². The van der Waals surface area contributed by atoms with Crippen molar-refractivity contribution in [2.24, 2.45) is 11.8 Å². The molecule has 0 saturated heterocycles. The van der Waals surface area contributed by atoms with Gasteiger partial charge in [0.15, 0.2) is 18.2 Å². The van der Waals surface area contributed by atoms with E-state index in [0.717, 1.165) is 19.3 Å². The molecule has 2 N–H and O–H groups in total. The molecule has 5 nitrogen and oxygen atoms in total. The third kappa shape index (κ3) is 3.63. The molecule has 1 heterocycles. The van der Waals surface area contributed by atoms with Gasteiger partial charge in [-0.3, -0.25) is 9.59 Å². The second kappa shape index (κ2) is 6.56. The third-order valence-electron chi connectivity index (χ3n) is 4.50. The van der Waals surface area contributed by atoms with Gasteiger partial charge in [-0.25, -0.2) is 4.39 Å². The quantitative estimate of drug-likeness (QED) is 0.899. The summed E-state index contributed by atoms with van der Waals surface area (Å²) >= 11 is 0. The molecule has 3 rings (SSSR count). The van der Waals surface area contributed by atoms with Gasteiger partial charge < -0.3 is 15.4 Å². The maximum atomic E-state index is 14.0. The molecule has 2 unspecified atom stereocenters. The van der Waals surface area contributed by atoms with Crippen molar-refractivity contribution in [1.82, 2.24) is 5.32 Å². The maximum absolute atomic E-state index is 14.0. The first-order valence-electron chi connectivity index (χ1n) is 8.05. The SMILES string of the molecule is CC1CCCC(C(=O)NCc2cc(F)c3c(c2)NC(=O)CO3)C1. The highest BCUT2D eigenvalue weighted by Gasteiger charge is 2.25. The molecule has 124 valence electrons. The Morgan fingerprint density at radius 2 is 2.26 bits per heavy atom. The summed E-state index contributed by atoms with van der Waals surface area (Å²) in [6, 6.07) is 2.97. The number of rotatable bonds is 3.